The minimum Gasteiger partial charge on any atom is -0.382 e. The highest BCUT2D eigenvalue weighted by atomic mass is 16.2. The first-order chi connectivity index (χ1) is 10.6. The Morgan fingerprint density at radius 2 is 1.86 bits per heavy atom. The van der Waals surface area contributed by atoms with Gasteiger partial charge in [-0.2, -0.15) is 0 Å². The normalized spacial score (nSPS) is 29.7. The number of nitrogens with zero attached hydrogens (tertiary/aromatic N) is 4. The van der Waals surface area contributed by atoms with E-state index in [2.05, 4.69) is 28.7 Å². The number of rotatable bonds is 2. The minimum atomic E-state index is -0.0881. The lowest BCUT2D eigenvalue weighted by atomic mass is 10.0. The van der Waals surface area contributed by atoms with Crippen LogP contribution in [0.4, 0.5) is 5.82 Å². The van der Waals surface area contributed by atoms with Crippen LogP contribution in [0.25, 0.3) is 0 Å². The third-order valence-corrected chi connectivity index (χ3v) is 5.05. The van der Waals surface area contributed by atoms with Crippen LogP contribution in [0.15, 0.2) is 12.4 Å². The number of aromatic nitrogens is 2. The molecule has 1 aromatic heterocycles. The Labute approximate surface area is 131 Å². The summed E-state index contributed by atoms with van der Waals surface area (Å²) in [6, 6.07) is 1.66. The van der Waals surface area contributed by atoms with E-state index in [0.29, 0.717) is 18.1 Å². The molecule has 22 heavy (non-hydrogen) atoms. The molecule has 3 rings (SSSR count). The van der Waals surface area contributed by atoms with Crippen LogP contribution in [-0.2, 0) is 0 Å². The fourth-order valence-electron chi connectivity index (χ4n) is 3.98. The van der Waals surface area contributed by atoms with Gasteiger partial charge in [0.25, 0.3) is 5.91 Å². The van der Waals surface area contributed by atoms with Gasteiger partial charge in [0, 0.05) is 43.6 Å². The smallest absolute Gasteiger partial charge is 0.276 e. The predicted molar refractivity (Wildman–Crippen MR) is 85.4 cm³/mol. The van der Waals surface area contributed by atoms with Gasteiger partial charge in [-0.05, 0) is 39.5 Å². The number of likely N-dealkylation sites (tertiary alicyclic amines) is 2. The van der Waals surface area contributed by atoms with Gasteiger partial charge >= 0.3 is 0 Å². The summed E-state index contributed by atoms with van der Waals surface area (Å²) in [5.41, 5.74) is 6.08. The molecule has 6 heteroatoms. The molecule has 0 aliphatic carbocycles. The summed E-state index contributed by atoms with van der Waals surface area (Å²) in [6.45, 7) is 6.14. The summed E-state index contributed by atoms with van der Waals surface area (Å²) in [5, 5.41) is 0. The van der Waals surface area contributed by atoms with Gasteiger partial charge in [-0.25, -0.2) is 9.97 Å². The largest absolute Gasteiger partial charge is 0.382 e. The lowest BCUT2D eigenvalue weighted by molar-refractivity contribution is 0.0483. The van der Waals surface area contributed by atoms with E-state index >= 15 is 0 Å². The topological polar surface area (TPSA) is 75.3 Å². The van der Waals surface area contributed by atoms with Gasteiger partial charge in [0.05, 0.1) is 0 Å². The van der Waals surface area contributed by atoms with Crippen molar-refractivity contribution in [1.82, 2.24) is 19.8 Å². The number of carbonyl (C=O) groups excluding carboxylic acids is 1. The average Bonchev–Trinajstić information content (AvgIpc) is 2.86. The van der Waals surface area contributed by atoms with Crippen LogP contribution in [0, 0.1) is 0 Å². The van der Waals surface area contributed by atoms with E-state index in [1.54, 1.807) is 0 Å². The Kier molecular flexibility index (Phi) is 4.29. The molecule has 2 aliphatic heterocycles. The molecular formula is C16H25N5O. The molecule has 1 amide bonds. The predicted octanol–water partition coefficient (Wildman–Crippen LogP) is 1.54. The molecule has 2 fully saturated rings. The quantitative estimate of drug-likeness (QED) is 0.897. The standard InChI is InChI=1S/C16H25N5O/c1-11-5-6-12(2)21(11)13-4-3-9-20(10-13)16(22)14-15(17)19-8-7-18-14/h7-8,11-13H,3-6,9-10H2,1-2H3,(H2,17,19)/t11-,12+,13-/m1/s1. The number of carbonyl (C=O) groups is 1. The molecule has 6 nitrogen and oxygen atoms in total. The number of nitrogens with two attached hydrogens (primary N) is 1. The highest BCUT2D eigenvalue weighted by molar-refractivity contribution is 5.96. The molecule has 0 spiro atoms. The van der Waals surface area contributed by atoms with Crippen molar-refractivity contribution in [2.75, 3.05) is 18.8 Å². The maximum absolute atomic E-state index is 12.7. The van der Waals surface area contributed by atoms with E-state index in [-0.39, 0.29) is 17.4 Å². The third-order valence-electron chi connectivity index (χ3n) is 5.05. The van der Waals surface area contributed by atoms with Crippen LogP contribution in [0.2, 0.25) is 0 Å². The van der Waals surface area contributed by atoms with Crippen molar-refractivity contribution in [3.63, 3.8) is 0 Å². The van der Waals surface area contributed by atoms with Crippen LogP contribution < -0.4 is 5.73 Å². The van der Waals surface area contributed by atoms with E-state index in [0.717, 1.165) is 25.9 Å². The van der Waals surface area contributed by atoms with E-state index in [1.807, 2.05) is 4.90 Å². The van der Waals surface area contributed by atoms with Gasteiger partial charge in [0.2, 0.25) is 0 Å². The Morgan fingerprint density at radius 1 is 1.18 bits per heavy atom. The molecule has 0 radical (unpaired) electrons. The first-order valence-corrected chi connectivity index (χ1v) is 8.21. The Morgan fingerprint density at radius 3 is 2.55 bits per heavy atom. The summed E-state index contributed by atoms with van der Waals surface area (Å²) in [6.07, 6.45) is 7.74. The second-order valence-electron chi connectivity index (χ2n) is 6.56. The van der Waals surface area contributed by atoms with Gasteiger partial charge in [0.15, 0.2) is 11.5 Å². The van der Waals surface area contributed by atoms with Crippen molar-refractivity contribution in [2.24, 2.45) is 0 Å². The minimum absolute atomic E-state index is 0.0881. The fourth-order valence-corrected chi connectivity index (χ4v) is 3.98. The number of hydrogen-bond donors (Lipinski definition) is 1. The summed E-state index contributed by atoms with van der Waals surface area (Å²) < 4.78 is 0. The monoisotopic (exact) mass is 303 g/mol. The van der Waals surface area contributed by atoms with Gasteiger partial charge < -0.3 is 10.6 Å². The molecule has 0 unspecified atom stereocenters. The Bertz CT molecular complexity index is 539. The van der Waals surface area contributed by atoms with E-state index in [1.165, 1.54) is 25.2 Å². The summed E-state index contributed by atoms with van der Waals surface area (Å²) in [5.74, 6) is 0.132. The van der Waals surface area contributed by atoms with E-state index < -0.39 is 0 Å². The molecule has 2 saturated heterocycles. The highest BCUT2D eigenvalue weighted by Crippen LogP contribution is 2.30. The molecule has 0 saturated carbocycles. The van der Waals surface area contributed by atoms with Crippen molar-refractivity contribution >= 4 is 11.7 Å². The second-order valence-corrected chi connectivity index (χ2v) is 6.56. The van der Waals surface area contributed by atoms with Crippen LogP contribution in [-0.4, -0.2) is 56.9 Å². The number of amides is 1. The zero-order valence-electron chi connectivity index (χ0n) is 13.4. The molecule has 120 valence electrons. The van der Waals surface area contributed by atoms with E-state index in [9.17, 15) is 4.79 Å². The van der Waals surface area contributed by atoms with Gasteiger partial charge in [-0.3, -0.25) is 9.69 Å². The van der Waals surface area contributed by atoms with Crippen LogP contribution in [0.5, 0.6) is 0 Å². The maximum Gasteiger partial charge on any atom is 0.276 e. The molecule has 3 atom stereocenters. The van der Waals surface area contributed by atoms with Crippen LogP contribution in [0.3, 0.4) is 0 Å². The van der Waals surface area contributed by atoms with Gasteiger partial charge in [-0.1, -0.05) is 0 Å². The molecule has 1 aromatic rings. The molecule has 2 N–H and O–H groups in total. The molecule has 0 aromatic carbocycles. The molecule has 2 aliphatic rings. The zero-order valence-corrected chi connectivity index (χ0v) is 13.4. The fraction of sp³-hybridized carbons (Fsp3) is 0.688. The van der Waals surface area contributed by atoms with Crippen molar-refractivity contribution in [2.45, 2.75) is 57.7 Å². The summed E-state index contributed by atoms with van der Waals surface area (Å²) in [4.78, 5) is 25.2. The highest BCUT2D eigenvalue weighted by Gasteiger charge is 2.36. The number of hydrogen-bond acceptors (Lipinski definition) is 5. The van der Waals surface area contributed by atoms with Crippen LogP contribution in [0.1, 0.15) is 50.0 Å². The lowest BCUT2D eigenvalue weighted by Gasteiger charge is -2.41. The first kappa shape index (κ1) is 15.2. The lowest BCUT2D eigenvalue weighted by Crippen LogP contribution is -2.52. The third kappa shape index (κ3) is 2.79. The summed E-state index contributed by atoms with van der Waals surface area (Å²) in [7, 11) is 0. The molecular weight excluding hydrogens is 278 g/mol. The van der Waals surface area contributed by atoms with Crippen molar-refractivity contribution < 1.29 is 4.79 Å². The van der Waals surface area contributed by atoms with Crippen molar-refractivity contribution in [3.05, 3.63) is 18.1 Å². The van der Waals surface area contributed by atoms with Crippen molar-refractivity contribution in [3.8, 4) is 0 Å². The Hall–Kier alpha value is -1.69. The number of anilines is 1. The number of nitrogen functional groups attached to an aromatic ring is 1. The zero-order chi connectivity index (χ0) is 15.7. The van der Waals surface area contributed by atoms with Gasteiger partial charge in [-0.15, -0.1) is 0 Å². The summed E-state index contributed by atoms with van der Waals surface area (Å²) >= 11 is 0. The average molecular weight is 303 g/mol. The first-order valence-electron chi connectivity index (χ1n) is 8.21. The van der Waals surface area contributed by atoms with E-state index in [4.69, 9.17) is 5.73 Å². The second kappa shape index (κ2) is 6.20. The molecule has 3 heterocycles. The maximum atomic E-state index is 12.7. The number of piperidine rings is 1. The molecule has 0 bridgehead atoms. The van der Waals surface area contributed by atoms with Crippen molar-refractivity contribution in [1.29, 1.82) is 0 Å². The SMILES string of the molecule is C[C@@H]1CC[C@H](C)N1[C@@H]1CCCN(C(=O)c2nccnc2N)C1. The Balaban J connectivity index is 1.73. The van der Waals surface area contributed by atoms with Crippen LogP contribution >= 0.6 is 0 Å². The van der Waals surface area contributed by atoms with Gasteiger partial charge in [0.1, 0.15) is 0 Å².